The average Bonchev–Trinajstić information content (AvgIpc) is 1.16. The molecule has 9 heteroatoms. The van der Waals surface area contributed by atoms with Crippen molar-refractivity contribution in [2.75, 3.05) is 47.5 Å². The van der Waals surface area contributed by atoms with E-state index in [1.807, 2.05) is 21.1 Å². The number of likely N-dealkylation sites (N-methyl/N-ethyl adjacent to an activating group) is 1. The smallest absolute Gasteiger partial charge is 0.361 e. The van der Waals surface area contributed by atoms with E-state index in [2.05, 4.69) is 160 Å². The van der Waals surface area contributed by atoms with E-state index in [1.54, 1.807) is 0 Å². The van der Waals surface area contributed by atoms with E-state index >= 15 is 0 Å². The molecule has 0 saturated heterocycles. The maximum absolute atomic E-state index is 13.0. The van der Waals surface area contributed by atoms with Crippen molar-refractivity contribution in [3.63, 3.8) is 0 Å². The Hall–Kier alpha value is -4.83. The van der Waals surface area contributed by atoms with Crippen LogP contribution in [0.1, 0.15) is 373 Å². The van der Waals surface area contributed by atoms with Gasteiger partial charge in [0, 0.05) is 12.8 Å². The Morgan fingerprint density at radius 3 is 0.825 bits per heavy atom. The molecule has 0 heterocycles. The molecule has 0 amide bonds. The van der Waals surface area contributed by atoms with Crippen molar-refractivity contribution in [3.8, 4) is 0 Å². The molecule has 1 N–H and O–H groups in total. The maximum Gasteiger partial charge on any atom is 0.361 e. The Balaban J connectivity index is 4.01. The lowest BCUT2D eigenvalue weighted by Gasteiger charge is -2.25. The first-order valence-corrected chi connectivity index (χ1v) is 43.0. The second-order valence-electron chi connectivity index (χ2n) is 29.8. The van der Waals surface area contributed by atoms with E-state index in [4.69, 9.17) is 18.9 Å². The summed E-state index contributed by atoms with van der Waals surface area (Å²) >= 11 is 0. The lowest BCUT2D eigenvalue weighted by molar-refractivity contribution is -0.870. The molecule has 0 aromatic carbocycles. The molecule has 0 aromatic rings. The molecule has 0 aliphatic rings. The standard InChI is InChI=1S/C94H161NO8/c1-6-8-10-12-14-16-18-20-22-24-26-28-30-32-34-36-38-40-42-44-45-46-47-49-50-52-54-56-58-60-62-64-66-68-70-72-74-76-78-80-82-84-91(96)101-88-90(89-102-94(93(98)99)100-87-86-95(3,4)5)103-92(97)85-83-81-79-77-75-73-71-69-67-65-63-61-59-57-55-53-51-48-43-41-39-37-35-33-31-29-27-25-23-21-19-17-15-13-11-9-7-2/h9,11,15,17-18,20-21,23-24,26-27,29-30,32-33,35,39,41,48,51,55,57,61,63,90,94H,6-8,10,12-14,16,19,22,25,28,31,34,36-38,40,42-47,49-50,52-54,56,58-60,62,64-89H2,1-5H3/p+1/b11-9-,17-15-,20-18-,23-21-,26-24-,29-27-,32-30-,35-33-,41-39-,51-48-,57-55-,63-61-. The number of carboxylic acid groups (broad SMARTS) is 1. The van der Waals surface area contributed by atoms with Crippen LogP contribution in [0.25, 0.3) is 0 Å². The number of esters is 2. The zero-order valence-electron chi connectivity index (χ0n) is 67.7. The highest BCUT2D eigenvalue weighted by Crippen LogP contribution is 2.19. The van der Waals surface area contributed by atoms with Crippen molar-refractivity contribution < 1.29 is 42.9 Å². The summed E-state index contributed by atoms with van der Waals surface area (Å²) in [6.45, 7) is 4.77. The predicted molar refractivity (Wildman–Crippen MR) is 447 cm³/mol. The van der Waals surface area contributed by atoms with Gasteiger partial charge < -0.3 is 28.5 Å². The van der Waals surface area contributed by atoms with E-state index in [-0.39, 0.29) is 32.2 Å². The molecular formula is C94H162NO8+. The van der Waals surface area contributed by atoms with E-state index in [0.29, 0.717) is 23.9 Å². The van der Waals surface area contributed by atoms with Crippen molar-refractivity contribution in [3.05, 3.63) is 146 Å². The minimum absolute atomic E-state index is 0.182. The normalized spacial score (nSPS) is 13.4. The Morgan fingerprint density at radius 2 is 0.553 bits per heavy atom. The first kappa shape index (κ1) is 98.2. The van der Waals surface area contributed by atoms with Crippen LogP contribution in [0.15, 0.2) is 146 Å². The molecule has 590 valence electrons. The number of carbonyl (C=O) groups is 3. The molecule has 2 unspecified atom stereocenters. The van der Waals surface area contributed by atoms with Crippen LogP contribution in [0.3, 0.4) is 0 Å². The Labute approximate surface area is 636 Å². The fourth-order valence-electron chi connectivity index (χ4n) is 12.1. The molecule has 0 aliphatic heterocycles. The number of hydrogen-bond donors (Lipinski definition) is 1. The minimum Gasteiger partial charge on any atom is -0.477 e. The second-order valence-corrected chi connectivity index (χ2v) is 29.8. The SMILES string of the molecule is CC/C=C\C/C=C\C/C=C\C/C=C\C/C=C\C/C=C\C/C=C\C/C=C\C/C=C\CCCCCCCCCCCC(=O)OC(COC(=O)CCCCCCCCCCCCCCCCCCCCCCCCCCCC/C=C\C/C=C\C/C=C\CCCCCCC)COC(OCC[N+](C)(C)C)C(=O)O. The van der Waals surface area contributed by atoms with Crippen LogP contribution >= 0.6 is 0 Å². The number of allylic oxidation sites excluding steroid dienone is 24. The van der Waals surface area contributed by atoms with Crippen LogP contribution in [0.5, 0.6) is 0 Å². The fourth-order valence-corrected chi connectivity index (χ4v) is 12.1. The third-order valence-corrected chi connectivity index (χ3v) is 18.6. The van der Waals surface area contributed by atoms with Gasteiger partial charge in [0.15, 0.2) is 6.10 Å². The van der Waals surface area contributed by atoms with Crippen molar-refractivity contribution >= 4 is 17.9 Å². The van der Waals surface area contributed by atoms with Crippen LogP contribution in [-0.4, -0.2) is 87.4 Å². The number of nitrogens with zero attached hydrogens (tertiary/aromatic N) is 1. The molecule has 0 radical (unpaired) electrons. The van der Waals surface area contributed by atoms with E-state index in [9.17, 15) is 19.5 Å². The first-order chi connectivity index (χ1) is 50.6. The van der Waals surface area contributed by atoms with Crippen LogP contribution in [0.4, 0.5) is 0 Å². The van der Waals surface area contributed by atoms with Crippen molar-refractivity contribution in [1.82, 2.24) is 0 Å². The molecule has 9 nitrogen and oxygen atoms in total. The number of rotatable bonds is 79. The van der Waals surface area contributed by atoms with Gasteiger partial charge in [0.25, 0.3) is 6.29 Å². The van der Waals surface area contributed by atoms with Crippen molar-refractivity contribution in [1.29, 1.82) is 0 Å². The van der Waals surface area contributed by atoms with Crippen LogP contribution in [0.2, 0.25) is 0 Å². The van der Waals surface area contributed by atoms with Gasteiger partial charge in [-0.2, -0.15) is 0 Å². The van der Waals surface area contributed by atoms with Gasteiger partial charge in [0.2, 0.25) is 0 Å². The second kappa shape index (κ2) is 82.8. The van der Waals surface area contributed by atoms with Gasteiger partial charge in [-0.15, -0.1) is 0 Å². The van der Waals surface area contributed by atoms with Gasteiger partial charge in [0.1, 0.15) is 13.2 Å². The number of unbranched alkanes of at least 4 members (excludes halogenated alkanes) is 40. The molecule has 0 aliphatic carbocycles. The summed E-state index contributed by atoms with van der Waals surface area (Å²) in [4.78, 5) is 37.8. The van der Waals surface area contributed by atoms with E-state index in [1.165, 1.54) is 225 Å². The Kier molecular flexibility index (Phi) is 78.9. The van der Waals surface area contributed by atoms with Crippen LogP contribution in [-0.2, 0) is 33.3 Å². The topological polar surface area (TPSA) is 108 Å². The van der Waals surface area contributed by atoms with Gasteiger partial charge in [-0.05, 0) is 122 Å². The van der Waals surface area contributed by atoms with Gasteiger partial charge in [0.05, 0.1) is 34.4 Å². The Morgan fingerprint density at radius 1 is 0.301 bits per heavy atom. The van der Waals surface area contributed by atoms with Gasteiger partial charge in [-0.25, -0.2) is 4.79 Å². The largest absolute Gasteiger partial charge is 0.477 e. The fraction of sp³-hybridized carbons (Fsp3) is 0.713. The highest BCUT2D eigenvalue weighted by molar-refractivity contribution is 5.71. The summed E-state index contributed by atoms with van der Waals surface area (Å²) in [5, 5.41) is 9.79. The zero-order valence-corrected chi connectivity index (χ0v) is 67.7. The summed E-state index contributed by atoms with van der Waals surface area (Å²) in [7, 11) is 5.98. The maximum atomic E-state index is 13.0. The summed E-state index contributed by atoms with van der Waals surface area (Å²) in [6, 6.07) is 0. The summed E-state index contributed by atoms with van der Waals surface area (Å²) in [6.07, 6.45) is 119. The number of ether oxygens (including phenoxy) is 4. The van der Waals surface area contributed by atoms with E-state index < -0.39 is 24.3 Å². The number of aliphatic carboxylic acids is 1. The van der Waals surface area contributed by atoms with Crippen molar-refractivity contribution in [2.24, 2.45) is 0 Å². The third-order valence-electron chi connectivity index (χ3n) is 18.6. The first-order valence-electron chi connectivity index (χ1n) is 43.0. The zero-order chi connectivity index (χ0) is 74.6. The van der Waals surface area contributed by atoms with Gasteiger partial charge in [-0.1, -0.05) is 384 Å². The number of quaternary nitrogens is 1. The third kappa shape index (κ3) is 84.3. The monoisotopic (exact) mass is 1430 g/mol. The molecule has 0 bridgehead atoms. The van der Waals surface area contributed by atoms with Gasteiger partial charge >= 0.3 is 17.9 Å². The number of hydrogen-bond acceptors (Lipinski definition) is 7. The summed E-state index contributed by atoms with van der Waals surface area (Å²) in [5.74, 6) is -2.00. The molecule has 2 atom stereocenters. The van der Waals surface area contributed by atoms with E-state index in [0.717, 1.165) is 116 Å². The lowest BCUT2D eigenvalue weighted by Crippen LogP contribution is -2.40. The Bertz CT molecular complexity index is 2220. The molecule has 0 spiro atoms. The lowest BCUT2D eigenvalue weighted by atomic mass is 10.0. The minimum atomic E-state index is -1.52. The molecule has 0 aromatic heterocycles. The quantitative estimate of drug-likeness (QED) is 0.0211. The molecule has 103 heavy (non-hydrogen) atoms. The van der Waals surface area contributed by atoms with Gasteiger partial charge in [-0.3, -0.25) is 9.59 Å². The number of carboxylic acids is 1. The highest BCUT2D eigenvalue weighted by Gasteiger charge is 2.25. The summed E-state index contributed by atoms with van der Waals surface area (Å²) in [5.41, 5.74) is 0. The highest BCUT2D eigenvalue weighted by atomic mass is 16.7. The molecular weight excluding hydrogens is 1270 g/mol. The van der Waals surface area contributed by atoms with Crippen molar-refractivity contribution in [2.45, 2.75) is 386 Å². The molecule has 0 saturated carbocycles. The van der Waals surface area contributed by atoms with Crippen LogP contribution in [0, 0.1) is 0 Å². The van der Waals surface area contributed by atoms with Crippen LogP contribution < -0.4 is 0 Å². The molecule has 0 fully saturated rings. The average molecular weight is 1430 g/mol. The predicted octanol–water partition coefficient (Wildman–Crippen LogP) is 28.2. The summed E-state index contributed by atoms with van der Waals surface area (Å²) < 4.78 is 23.1. The number of carbonyl (C=O) groups excluding carboxylic acids is 2. The molecule has 0 rings (SSSR count).